The van der Waals surface area contributed by atoms with Crippen molar-refractivity contribution < 1.29 is 14.1 Å². The molecule has 0 saturated heterocycles. The van der Waals surface area contributed by atoms with Crippen molar-refractivity contribution in [2.75, 3.05) is 10.6 Å². The lowest BCUT2D eigenvalue weighted by molar-refractivity contribution is -0.384. The Morgan fingerprint density at radius 1 is 1.14 bits per heavy atom. The minimum absolute atomic E-state index is 0.0171. The smallest absolute Gasteiger partial charge is 0.306 e. The Morgan fingerprint density at radius 3 is 2.48 bits per heavy atom. The van der Waals surface area contributed by atoms with Gasteiger partial charge in [0.1, 0.15) is 5.82 Å². The van der Waals surface area contributed by atoms with Gasteiger partial charge in [0.25, 0.3) is 5.69 Å². The van der Waals surface area contributed by atoms with Gasteiger partial charge in [0, 0.05) is 12.1 Å². The molecule has 8 heteroatoms. The van der Waals surface area contributed by atoms with Gasteiger partial charge >= 0.3 is 6.03 Å². The van der Waals surface area contributed by atoms with Gasteiger partial charge in [0.15, 0.2) is 0 Å². The van der Waals surface area contributed by atoms with Crippen LogP contribution in [-0.4, -0.2) is 11.0 Å². The first-order valence-electron chi connectivity index (χ1n) is 5.74. The third-order valence-electron chi connectivity index (χ3n) is 2.53. The molecule has 0 unspecified atom stereocenters. The average molecular weight is 310 g/mol. The van der Waals surface area contributed by atoms with E-state index in [9.17, 15) is 19.3 Å². The predicted octanol–water partition coefficient (Wildman–Crippen LogP) is 4.03. The number of nitrogens with zero attached hydrogens (tertiary/aromatic N) is 1. The van der Waals surface area contributed by atoms with Gasteiger partial charge in [-0.15, -0.1) is 0 Å². The van der Waals surface area contributed by atoms with Gasteiger partial charge in [-0.25, -0.2) is 9.18 Å². The zero-order chi connectivity index (χ0) is 15.4. The van der Waals surface area contributed by atoms with Crippen molar-refractivity contribution in [3.05, 3.63) is 63.4 Å². The van der Waals surface area contributed by atoms with E-state index in [0.29, 0.717) is 0 Å². The number of nitrogens with one attached hydrogen (secondary N) is 2. The molecule has 0 aliphatic heterocycles. The molecule has 0 atom stereocenters. The molecule has 0 fully saturated rings. The Kier molecular flexibility index (Phi) is 4.34. The van der Waals surface area contributed by atoms with Crippen LogP contribution in [0.15, 0.2) is 42.5 Å². The highest BCUT2D eigenvalue weighted by Gasteiger charge is 2.13. The first-order valence-corrected chi connectivity index (χ1v) is 6.11. The number of urea groups is 1. The van der Waals surface area contributed by atoms with E-state index >= 15 is 0 Å². The summed E-state index contributed by atoms with van der Waals surface area (Å²) in [6.07, 6.45) is 0. The van der Waals surface area contributed by atoms with Gasteiger partial charge in [0.05, 0.1) is 21.3 Å². The van der Waals surface area contributed by atoms with Gasteiger partial charge in [-0.1, -0.05) is 23.7 Å². The second-order valence-corrected chi connectivity index (χ2v) is 4.39. The van der Waals surface area contributed by atoms with Gasteiger partial charge in [-0.05, 0) is 18.2 Å². The Labute approximate surface area is 123 Å². The second kappa shape index (κ2) is 6.19. The lowest BCUT2D eigenvalue weighted by atomic mass is 10.3. The zero-order valence-electron chi connectivity index (χ0n) is 10.5. The molecule has 0 bridgehead atoms. The van der Waals surface area contributed by atoms with Crippen LogP contribution in [0.3, 0.4) is 0 Å². The summed E-state index contributed by atoms with van der Waals surface area (Å²) < 4.78 is 13.4. The standard InChI is InChI=1S/C13H9ClFN3O3/c14-9-6-5-8(18(20)21)7-12(9)17-13(19)16-11-4-2-1-3-10(11)15/h1-7H,(H2,16,17,19). The highest BCUT2D eigenvalue weighted by atomic mass is 35.5. The van der Waals surface area contributed by atoms with Crippen molar-refractivity contribution in [3.8, 4) is 0 Å². The maximum Gasteiger partial charge on any atom is 0.323 e. The third kappa shape index (κ3) is 3.67. The van der Waals surface area contributed by atoms with Crippen LogP contribution >= 0.6 is 11.6 Å². The van der Waals surface area contributed by atoms with Gasteiger partial charge < -0.3 is 10.6 Å². The largest absolute Gasteiger partial charge is 0.323 e. The number of hydrogen-bond acceptors (Lipinski definition) is 3. The minimum Gasteiger partial charge on any atom is -0.306 e. The normalized spacial score (nSPS) is 10.0. The molecule has 2 aromatic rings. The van der Waals surface area contributed by atoms with Crippen LogP contribution < -0.4 is 10.6 Å². The van der Waals surface area contributed by atoms with Crippen molar-refractivity contribution in [1.82, 2.24) is 0 Å². The van der Waals surface area contributed by atoms with Crippen molar-refractivity contribution >= 4 is 34.7 Å². The molecule has 0 aliphatic rings. The quantitative estimate of drug-likeness (QED) is 0.663. The van der Waals surface area contributed by atoms with E-state index in [2.05, 4.69) is 10.6 Å². The number of benzene rings is 2. The number of amides is 2. The number of para-hydroxylation sites is 1. The molecule has 21 heavy (non-hydrogen) atoms. The highest BCUT2D eigenvalue weighted by molar-refractivity contribution is 6.33. The lowest BCUT2D eigenvalue weighted by Gasteiger charge is -2.09. The van der Waals surface area contributed by atoms with E-state index in [1.807, 2.05) is 0 Å². The number of nitro groups is 1. The molecule has 0 aliphatic carbocycles. The molecule has 0 saturated carbocycles. The summed E-state index contributed by atoms with van der Waals surface area (Å²) in [5, 5.41) is 15.4. The summed E-state index contributed by atoms with van der Waals surface area (Å²) in [6.45, 7) is 0. The number of halogens is 2. The number of anilines is 2. The Bertz CT molecular complexity index is 709. The monoisotopic (exact) mass is 309 g/mol. The van der Waals surface area contributed by atoms with Crippen LogP contribution in [0.1, 0.15) is 0 Å². The second-order valence-electron chi connectivity index (χ2n) is 3.98. The van der Waals surface area contributed by atoms with Gasteiger partial charge in [-0.3, -0.25) is 10.1 Å². The van der Waals surface area contributed by atoms with Crippen LogP contribution in [0.2, 0.25) is 5.02 Å². The average Bonchev–Trinajstić information content (AvgIpc) is 2.43. The molecule has 0 aromatic heterocycles. The first kappa shape index (κ1) is 14.7. The number of carbonyl (C=O) groups is 1. The number of hydrogen-bond donors (Lipinski definition) is 2. The molecular formula is C13H9ClFN3O3. The maximum atomic E-state index is 13.4. The van der Waals surface area contributed by atoms with Gasteiger partial charge in [0.2, 0.25) is 0 Å². The molecule has 0 heterocycles. The van der Waals surface area contributed by atoms with E-state index < -0.39 is 16.8 Å². The van der Waals surface area contributed by atoms with Crippen molar-refractivity contribution in [1.29, 1.82) is 0 Å². The predicted molar refractivity (Wildman–Crippen MR) is 77.1 cm³/mol. The zero-order valence-corrected chi connectivity index (χ0v) is 11.2. The number of non-ortho nitro benzene ring substituents is 1. The molecule has 2 amide bonds. The van der Waals surface area contributed by atoms with Crippen LogP contribution in [-0.2, 0) is 0 Å². The van der Waals surface area contributed by atoms with Crippen LogP contribution in [0.25, 0.3) is 0 Å². The van der Waals surface area contributed by atoms with Gasteiger partial charge in [-0.2, -0.15) is 0 Å². The SMILES string of the molecule is O=C(Nc1ccccc1F)Nc1cc([N+](=O)[O-])ccc1Cl. The maximum absolute atomic E-state index is 13.4. The number of carbonyl (C=O) groups excluding carboxylic acids is 1. The van der Waals surface area contributed by atoms with E-state index in [4.69, 9.17) is 11.6 Å². The first-order chi connectivity index (χ1) is 9.97. The van der Waals surface area contributed by atoms with E-state index in [1.165, 1.54) is 30.3 Å². The van der Waals surface area contributed by atoms with E-state index in [-0.39, 0.29) is 22.1 Å². The molecule has 0 radical (unpaired) electrons. The van der Waals surface area contributed by atoms with Crippen molar-refractivity contribution in [3.63, 3.8) is 0 Å². The summed E-state index contributed by atoms with van der Waals surface area (Å²) >= 11 is 5.84. The van der Waals surface area contributed by atoms with Crippen LogP contribution in [0, 0.1) is 15.9 Å². The number of nitro benzene ring substituents is 1. The summed E-state index contributed by atoms with van der Waals surface area (Å²) in [6, 6.07) is 8.46. The highest BCUT2D eigenvalue weighted by Crippen LogP contribution is 2.26. The van der Waals surface area contributed by atoms with Crippen molar-refractivity contribution in [2.24, 2.45) is 0 Å². The molecule has 6 nitrogen and oxygen atoms in total. The summed E-state index contributed by atoms with van der Waals surface area (Å²) in [5.41, 5.74) is -0.183. The fourth-order valence-corrected chi connectivity index (χ4v) is 1.73. The Balaban J connectivity index is 2.15. The summed E-state index contributed by atoms with van der Waals surface area (Å²) in [4.78, 5) is 21.8. The summed E-state index contributed by atoms with van der Waals surface area (Å²) in [5.74, 6) is -0.599. The minimum atomic E-state index is -0.762. The van der Waals surface area contributed by atoms with E-state index in [1.54, 1.807) is 6.07 Å². The Morgan fingerprint density at radius 2 is 1.81 bits per heavy atom. The lowest BCUT2D eigenvalue weighted by Crippen LogP contribution is -2.20. The molecule has 2 rings (SSSR count). The van der Waals surface area contributed by atoms with E-state index in [0.717, 1.165) is 6.07 Å². The topological polar surface area (TPSA) is 84.3 Å². The Hall–Kier alpha value is -2.67. The van der Waals surface area contributed by atoms with Crippen LogP contribution in [0.5, 0.6) is 0 Å². The third-order valence-corrected chi connectivity index (χ3v) is 2.86. The van der Waals surface area contributed by atoms with Crippen molar-refractivity contribution in [2.45, 2.75) is 0 Å². The van der Waals surface area contributed by atoms with Crippen LogP contribution in [0.4, 0.5) is 26.2 Å². The number of rotatable bonds is 3. The molecular weight excluding hydrogens is 301 g/mol. The molecule has 0 spiro atoms. The molecule has 2 N–H and O–H groups in total. The molecule has 108 valence electrons. The molecule has 2 aromatic carbocycles. The fourth-order valence-electron chi connectivity index (χ4n) is 1.56. The summed E-state index contributed by atoms with van der Waals surface area (Å²) in [7, 11) is 0. The fraction of sp³-hybridized carbons (Fsp3) is 0.